The van der Waals surface area contributed by atoms with Crippen molar-refractivity contribution in [1.82, 2.24) is 10.4 Å². The molecule has 0 spiro atoms. The number of hydrogen-bond acceptors (Lipinski definition) is 4. The molecule has 0 aromatic rings. The lowest BCUT2D eigenvalue weighted by Crippen LogP contribution is -2.53. The first-order valence-corrected chi connectivity index (χ1v) is 6.52. The Balaban J connectivity index is 4.49. The van der Waals surface area contributed by atoms with Gasteiger partial charge in [0.1, 0.15) is 5.88 Å². The molecule has 0 aromatic carbocycles. The van der Waals surface area contributed by atoms with E-state index in [1.807, 2.05) is 13.8 Å². The fourth-order valence-corrected chi connectivity index (χ4v) is 1.51. The lowest BCUT2D eigenvalue weighted by Gasteiger charge is -2.24. The van der Waals surface area contributed by atoms with Crippen molar-refractivity contribution < 1.29 is 14.4 Å². The van der Waals surface area contributed by atoms with Crippen molar-refractivity contribution in [1.29, 1.82) is 0 Å². The molecule has 7 nitrogen and oxygen atoms in total. The second-order valence-electron chi connectivity index (χ2n) is 4.61. The number of hydrazine groups is 1. The summed E-state index contributed by atoms with van der Waals surface area (Å²) in [4.78, 5) is 33.9. The Labute approximate surface area is 117 Å². The van der Waals surface area contributed by atoms with Crippen LogP contribution in [0.25, 0.3) is 0 Å². The summed E-state index contributed by atoms with van der Waals surface area (Å²) in [5, 5.41) is 0.972. The van der Waals surface area contributed by atoms with Crippen LogP contribution in [0.15, 0.2) is 0 Å². The topological polar surface area (TPSA) is 119 Å². The quantitative estimate of drug-likeness (QED) is 0.426. The third-order valence-corrected chi connectivity index (χ3v) is 2.53. The van der Waals surface area contributed by atoms with Crippen LogP contribution in [-0.2, 0) is 14.4 Å². The molecule has 0 heterocycles. The van der Waals surface area contributed by atoms with Crippen LogP contribution in [0.2, 0.25) is 0 Å². The minimum atomic E-state index is -0.723. The standard InChI is InChI=1S/C11H21ClN4O3/c1-7(2)5-8(13)11(19)15-16(10(18)6-12)4-3-9(14)17/h7-8H,3-6,13H2,1-2H3,(H2,14,17)(H,15,19). The highest BCUT2D eigenvalue weighted by molar-refractivity contribution is 6.27. The SMILES string of the molecule is CC(C)CC(N)C(=O)NN(CCC(N)=O)C(=O)CCl. The highest BCUT2D eigenvalue weighted by Gasteiger charge is 2.20. The maximum atomic E-state index is 11.8. The van der Waals surface area contributed by atoms with Gasteiger partial charge in [0, 0.05) is 6.42 Å². The Morgan fingerprint density at radius 2 is 1.89 bits per heavy atom. The third kappa shape index (κ3) is 7.63. The van der Waals surface area contributed by atoms with Gasteiger partial charge in [-0.15, -0.1) is 11.6 Å². The molecule has 0 aromatic heterocycles. The molecule has 0 fully saturated rings. The van der Waals surface area contributed by atoms with Crippen molar-refractivity contribution in [3.05, 3.63) is 0 Å². The molecular weight excluding hydrogens is 272 g/mol. The summed E-state index contributed by atoms with van der Waals surface area (Å²) in [5.74, 6) is -1.64. The van der Waals surface area contributed by atoms with Crippen LogP contribution in [0.4, 0.5) is 0 Å². The van der Waals surface area contributed by atoms with E-state index in [0.29, 0.717) is 6.42 Å². The zero-order valence-electron chi connectivity index (χ0n) is 11.2. The van der Waals surface area contributed by atoms with Crippen molar-refractivity contribution in [2.45, 2.75) is 32.7 Å². The molecule has 0 aliphatic rings. The van der Waals surface area contributed by atoms with E-state index in [2.05, 4.69) is 5.43 Å². The van der Waals surface area contributed by atoms with Gasteiger partial charge in [-0.25, -0.2) is 0 Å². The predicted octanol–water partition coefficient (Wildman–Crippen LogP) is -0.666. The average molecular weight is 293 g/mol. The van der Waals surface area contributed by atoms with Gasteiger partial charge in [-0.05, 0) is 12.3 Å². The number of nitrogens with two attached hydrogens (primary N) is 2. The fourth-order valence-electron chi connectivity index (χ4n) is 1.37. The van der Waals surface area contributed by atoms with Crippen molar-refractivity contribution in [3.63, 3.8) is 0 Å². The molecule has 0 saturated heterocycles. The Morgan fingerprint density at radius 3 is 2.32 bits per heavy atom. The van der Waals surface area contributed by atoms with Crippen LogP contribution >= 0.6 is 11.6 Å². The Kier molecular flexibility index (Phi) is 8.09. The molecule has 5 N–H and O–H groups in total. The number of primary amides is 1. The molecule has 19 heavy (non-hydrogen) atoms. The number of carbonyl (C=O) groups is 3. The molecule has 0 saturated carbocycles. The van der Waals surface area contributed by atoms with E-state index in [1.54, 1.807) is 0 Å². The summed E-state index contributed by atoms with van der Waals surface area (Å²) in [6.07, 6.45) is 0.423. The van der Waals surface area contributed by atoms with Gasteiger partial charge in [-0.3, -0.25) is 24.8 Å². The smallest absolute Gasteiger partial charge is 0.255 e. The number of hydrogen-bond donors (Lipinski definition) is 3. The maximum absolute atomic E-state index is 11.8. The zero-order valence-corrected chi connectivity index (χ0v) is 11.9. The monoisotopic (exact) mass is 292 g/mol. The van der Waals surface area contributed by atoms with Gasteiger partial charge in [0.05, 0.1) is 12.6 Å². The minimum Gasteiger partial charge on any atom is -0.370 e. The van der Waals surface area contributed by atoms with Crippen molar-refractivity contribution in [3.8, 4) is 0 Å². The van der Waals surface area contributed by atoms with Crippen LogP contribution < -0.4 is 16.9 Å². The average Bonchev–Trinajstić information content (AvgIpc) is 2.31. The summed E-state index contributed by atoms with van der Waals surface area (Å²) in [5.41, 5.74) is 13.0. The number of carbonyl (C=O) groups excluding carboxylic acids is 3. The third-order valence-electron chi connectivity index (χ3n) is 2.30. The first kappa shape index (κ1) is 17.7. The molecule has 0 bridgehead atoms. The number of amides is 3. The van der Waals surface area contributed by atoms with Gasteiger partial charge in [-0.1, -0.05) is 13.8 Å². The van der Waals surface area contributed by atoms with E-state index in [9.17, 15) is 14.4 Å². The largest absolute Gasteiger partial charge is 0.370 e. The maximum Gasteiger partial charge on any atom is 0.255 e. The number of alkyl halides is 1. The van der Waals surface area contributed by atoms with Crippen LogP contribution in [0, 0.1) is 5.92 Å². The van der Waals surface area contributed by atoms with Gasteiger partial charge in [0.25, 0.3) is 11.8 Å². The highest BCUT2D eigenvalue weighted by atomic mass is 35.5. The van der Waals surface area contributed by atoms with Crippen molar-refractivity contribution in [2.24, 2.45) is 17.4 Å². The fraction of sp³-hybridized carbons (Fsp3) is 0.727. The molecule has 0 aliphatic heterocycles. The molecule has 0 rings (SSSR count). The highest BCUT2D eigenvalue weighted by Crippen LogP contribution is 2.03. The van der Waals surface area contributed by atoms with Crippen molar-refractivity contribution >= 4 is 29.3 Å². The molecule has 110 valence electrons. The first-order valence-electron chi connectivity index (χ1n) is 5.98. The van der Waals surface area contributed by atoms with Crippen molar-refractivity contribution in [2.75, 3.05) is 12.4 Å². The van der Waals surface area contributed by atoms with Crippen LogP contribution in [-0.4, -0.2) is 41.2 Å². The Bertz CT molecular complexity index is 336. The Hall–Kier alpha value is -1.34. The van der Waals surface area contributed by atoms with E-state index < -0.39 is 23.8 Å². The second kappa shape index (κ2) is 8.71. The molecule has 8 heteroatoms. The van der Waals surface area contributed by atoms with Gasteiger partial charge in [0.2, 0.25) is 5.91 Å². The van der Waals surface area contributed by atoms with E-state index in [-0.39, 0.29) is 24.8 Å². The van der Waals surface area contributed by atoms with E-state index in [0.717, 1.165) is 5.01 Å². The normalized spacial score (nSPS) is 12.1. The predicted molar refractivity (Wildman–Crippen MR) is 71.8 cm³/mol. The number of halogens is 1. The number of nitrogens with zero attached hydrogens (tertiary/aromatic N) is 1. The van der Waals surface area contributed by atoms with Crippen LogP contribution in [0.5, 0.6) is 0 Å². The van der Waals surface area contributed by atoms with E-state index in [4.69, 9.17) is 23.1 Å². The summed E-state index contributed by atoms with van der Waals surface area (Å²) in [6.45, 7) is 3.84. The summed E-state index contributed by atoms with van der Waals surface area (Å²) >= 11 is 5.42. The molecule has 0 aliphatic carbocycles. The zero-order chi connectivity index (χ0) is 15.0. The lowest BCUT2D eigenvalue weighted by molar-refractivity contribution is -0.140. The molecular formula is C11H21ClN4O3. The molecule has 3 amide bonds. The second-order valence-corrected chi connectivity index (χ2v) is 4.87. The summed E-state index contributed by atoms with van der Waals surface area (Å²) in [7, 11) is 0. The van der Waals surface area contributed by atoms with Gasteiger partial charge in [-0.2, -0.15) is 0 Å². The van der Waals surface area contributed by atoms with E-state index >= 15 is 0 Å². The van der Waals surface area contributed by atoms with Crippen LogP contribution in [0.1, 0.15) is 26.7 Å². The molecule has 1 unspecified atom stereocenters. The molecule has 1 atom stereocenters. The number of nitrogens with one attached hydrogen (secondary N) is 1. The van der Waals surface area contributed by atoms with Gasteiger partial charge >= 0.3 is 0 Å². The summed E-state index contributed by atoms with van der Waals surface area (Å²) in [6, 6.07) is -0.723. The Morgan fingerprint density at radius 1 is 1.32 bits per heavy atom. The van der Waals surface area contributed by atoms with Gasteiger partial charge < -0.3 is 11.5 Å². The summed E-state index contributed by atoms with van der Waals surface area (Å²) < 4.78 is 0. The lowest BCUT2D eigenvalue weighted by atomic mass is 10.0. The first-order chi connectivity index (χ1) is 8.77. The van der Waals surface area contributed by atoms with Gasteiger partial charge in [0.15, 0.2) is 0 Å². The van der Waals surface area contributed by atoms with E-state index in [1.165, 1.54) is 0 Å². The molecule has 0 radical (unpaired) electrons. The number of rotatable bonds is 7. The van der Waals surface area contributed by atoms with Crippen LogP contribution in [0.3, 0.4) is 0 Å². The minimum absolute atomic E-state index is 0.0268.